The van der Waals surface area contributed by atoms with Crippen molar-refractivity contribution in [3.63, 3.8) is 0 Å². The molecule has 0 amide bonds. The highest BCUT2D eigenvalue weighted by Gasteiger charge is 2.40. The highest BCUT2D eigenvalue weighted by atomic mass is 79.9. The number of benzene rings is 1. The first-order valence-electron chi connectivity index (χ1n) is 6.66. The molecule has 0 atom stereocenters. The van der Waals surface area contributed by atoms with Gasteiger partial charge in [-0.15, -0.1) is 0 Å². The summed E-state index contributed by atoms with van der Waals surface area (Å²) in [5.74, 6) is 0. The minimum absolute atomic E-state index is 0.578. The molecule has 1 aromatic carbocycles. The Bertz CT molecular complexity index is 498. The van der Waals surface area contributed by atoms with Crippen LogP contribution in [0.4, 0.5) is 5.69 Å². The topological polar surface area (TPSA) is 27.0 Å². The van der Waals surface area contributed by atoms with Crippen LogP contribution in [0.5, 0.6) is 0 Å². The predicted molar refractivity (Wildman–Crippen MR) is 76.6 cm³/mol. The number of hydrogen-bond acceptors (Lipinski definition) is 2. The Balaban J connectivity index is 1.84. The molecule has 1 spiro atoms. The van der Waals surface area contributed by atoms with Crippen LogP contribution in [0.2, 0.25) is 0 Å². The van der Waals surface area contributed by atoms with Crippen LogP contribution in [0.15, 0.2) is 22.7 Å². The first-order chi connectivity index (χ1) is 8.71. The summed E-state index contributed by atoms with van der Waals surface area (Å²) in [6, 6.07) is 8.26. The normalized spacial score (nSPS) is 21.4. The quantitative estimate of drug-likeness (QED) is 0.781. The fourth-order valence-corrected chi connectivity index (χ4v) is 3.99. The lowest BCUT2D eigenvalue weighted by Crippen LogP contribution is -2.24. The highest BCUT2D eigenvalue weighted by molar-refractivity contribution is 9.10. The van der Waals surface area contributed by atoms with Gasteiger partial charge in [-0.2, -0.15) is 5.26 Å². The van der Waals surface area contributed by atoms with Gasteiger partial charge in [0.05, 0.1) is 11.6 Å². The summed E-state index contributed by atoms with van der Waals surface area (Å²) in [6.07, 6.45) is 6.90. The molecule has 1 aromatic rings. The minimum atomic E-state index is 0.578. The number of rotatable bonds is 1. The molecule has 0 unspecified atom stereocenters. The average molecular weight is 305 g/mol. The maximum absolute atomic E-state index is 9.04. The number of hydrogen-bond donors (Lipinski definition) is 0. The Labute approximate surface area is 117 Å². The lowest BCUT2D eigenvalue weighted by molar-refractivity contribution is 0.341. The second kappa shape index (κ2) is 4.59. The Kier molecular flexibility index (Phi) is 3.07. The van der Waals surface area contributed by atoms with Gasteiger partial charge in [0.25, 0.3) is 0 Å². The van der Waals surface area contributed by atoms with Crippen LogP contribution in [0.25, 0.3) is 0 Å². The van der Waals surface area contributed by atoms with Gasteiger partial charge in [0, 0.05) is 23.2 Å². The van der Waals surface area contributed by atoms with E-state index in [9.17, 15) is 0 Å². The van der Waals surface area contributed by atoms with Crippen molar-refractivity contribution in [3.05, 3.63) is 28.2 Å². The summed E-state index contributed by atoms with van der Waals surface area (Å²) < 4.78 is 1.00. The molecule has 1 saturated carbocycles. The third kappa shape index (κ3) is 2.14. The zero-order chi connectivity index (χ0) is 12.6. The average Bonchev–Trinajstić information content (AvgIpc) is 3.00. The van der Waals surface area contributed by atoms with Crippen molar-refractivity contribution in [3.8, 4) is 6.07 Å². The first-order valence-corrected chi connectivity index (χ1v) is 7.46. The summed E-state index contributed by atoms with van der Waals surface area (Å²) in [5.41, 5.74) is 2.52. The van der Waals surface area contributed by atoms with E-state index in [1.54, 1.807) is 0 Å². The molecular formula is C15H17BrN2. The molecule has 3 heteroatoms. The molecule has 3 rings (SSSR count). The molecule has 0 radical (unpaired) electrons. The van der Waals surface area contributed by atoms with Gasteiger partial charge in [0.2, 0.25) is 0 Å². The van der Waals surface area contributed by atoms with Crippen molar-refractivity contribution in [2.24, 2.45) is 5.41 Å². The Morgan fingerprint density at radius 2 is 1.94 bits per heavy atom. The van der Waals surface area contributed by atoms with E-state index in [1.807, 2.05) is 12.1 Å². The van der Waals surface area contributed by atoms with Gasteiger partial charge in [-0.3, -0.25) is 0 Å². The fraction of sp³-hybridized carbons (Fsp3) is 0.533. The molecule has 1 saturated heterocycles. The highest BCUT2D eigenvalue weighted by Crippen LogP contribution is 2.46. The number of nitriles is 1. The van der Waals surface area contributed by atoms with Crippen molar-refractivity contribution >= 4 is 21.6 Å². The van der Waals surface area contributed by atoms with Gasteiger partial charge in [-0.25, -0.2) is 0 Å². The maximum atomic E-state index is 9.04. The van der Waals surface area contributed by atoms with E-state index >= 15 is 0 Å². The van der Waals surface area contributed by atoms with E-state index in [-0.39, 0.29) is 0 Å². The zero-order valence-corrected chi connectivity index (χ0v) is 12.0. The molecule has 1 aliphatic carbocycles. The van der Waals surface area contributed by atoms with E-state index in [0.29, 0.717) is 5.41 Å². The summed E-state index contributed by atoms with van der Waals surface area (Å²) in [7, 11) is 0. The predicted octanol–water partition coefficient (Wildman–Crippen LogP) is 4.09. The third-order valence-corrected chi connectivity index (χ3v) is 4.94. The Morgan fingerprint density at radius 3 is 2.67 bits per heavy atom. The number of anilines is 1. The molecule has 94 valence electrons. The minimum Gasteiger partial charge on any atom is -0.371 e. The Morgan fingerprint density at radius 1 is 1.17 bits per heavy atom. The van der Waals surface area contributed by atoms with Crippen LogP contribution in [0, 0.1) is 16.7 Å². The lowest BCUT2D eigenvalue weighted by Gasteiger charge is -2.25. The zero-order valence-electron chi connectivity index (χ0n) is 10.5. The standard InChI is InChI=1S/C15H17BrN2/c16-13-7-12(10-17)8-14(9-13)18-6-5-15(11-18)3-1-2-4-15/h7-9H,1-6,11H2. The van der Waals surface area contributed by atoms with E-state index in [2.05, 4.69) is 33.0 Å². The molecule has 2 nitrogen and oxygen atoms in total. The van der Waals surface area contributed by atoms with Gasteiger partial charge in [0.15, 0.2) is 0 Å². The Hall–Kier alpha value is -1.01. The maximum Gasteiger partial charge on any atom is 0.0992 e. The van der Waals surface area contributed by atoms with Gasteiger partial charge >= 0.3 is 0 Å². The van der Waals surface area contributed by atoms with Gasteiger partial charge < -0.3 is 4.90 Å². The van der Waals surface area contributed by atoms with Crippen LogP contribution in [0.3, 0.4) is 0 Å². The second-order valence-corrected chi connectivity index (χ2v) is 6.60. The van der Waals surface area contributed by atoms with Crippen LogP contribution in [-0.4, -0.2) is 13.1 Å². The molecular weight excluding hydrogens is 288 g/mol. The molecule has 0 bridgehead atoms. The first kappa shape index (κ1) is 12.0. The second-order valence-electron chi connectivity index (χ2n) is 5.69. The van der Waals surface area contributed by atoms with Crippen LogP contribution >= 0.6 is 15.9 Å². The van der Waals surface area contributed by atoms with E-state index in [4.69, 9.17) is 5.26 Å². The van der Waals surface area contributed by atoms with Crippen LogP contribution in [-0.2, 0) is 0 Å². The largest absolute Gasteiger partial charge is 0.371 e. The SMILES string of the molecule is N#Cc1cc(Br)cc(N2CCC3(CCCC3)C2)c1. The monoisotopic (exact) mass is 304 g/mol. The lowest BCUT2D eigenvalue weighted by atomic mass is 9.86. The van der Waals surface area contributed by atoms with Crippen molar-refractivity contribution in [1.82, 2.24) is 0 Å². The third-order valence-electron chi connectivity index (χ3n) is 4.48. The summed E-state index contributed by atoms with van der Waals surface area (Å²) in [5, 5.41) is 9.04. The molecule has 18 heavy (non-hydrogen) atoms. The number of nitrogens with zero attached hydrogens (tertiary/aromatic N) is 2. The van der Waals surface area contributed by atoms with E-state index in [0.717, 1.165) is 16.6 Å². The van der Waals surface area contributed by atoms with Crippen LogP contribution < -0.4 is 4.90 Å². The van der Waals surface area contributed by atoms with E-state index in [1.165, 1.54) is 44.3 Å². The van der Waals surface area contributed by atoms with Gasteiger partial charge in [-0.1, -0.05) is 28.8 Å². The van der Waals surface area contributed by atoms with E-state index < -0.39 is 0 Å². The molecule has 1 aliphatic heterocycles. The molecule has 1 heterocycles. The molecule has 0 N–H and O–H groups in total. The van der Waals surface area contributed by atoms with Gasteiger partial charge in [0.1, 0.15) is 0 Å². The number of halogens is 1. The van der Waals surface area contributed by atoms with Crippen molar-refractivity contribution in [1.29, 1.82) is 5.26 Å². The molecule has 2 fully saturated rings. The van der Waals surface area contributed by atoms with Crippen molar-refractivity contribution in [2.75, 3.05) is 18.0 Å². The van der Waals surface area contributed by atoms with Gasteiger partial charge in [-0.05, 0) is 42.9 Å². The fourth-order valence-electron chi connectivity index (χ4n) is 3.51. The summed E-state index contributed by atoms with van der Waals surface area (Å²) >= 11 is 3.50. The summed E-state index contributed by atoms with van der Waals surface area (Å²) in [6.45, 7) is 2.32. The molecule has 0 aromatic heterocycles. The smallest absolute Gasteiger partial charge is 0.0992 e. The summed E-state index contributed by atoms with van der Waals surface area (Å²) in [4.78, 5) is 2.46. The molecule has 2 aliphatic rings. The van der Waals surface area contributed by atoms with Crippen molar-refractivity contribution < 1.29 is 0 Å². The van der Waals surface area contributed by atoms with Crippen molar-refractivity contribution in [2.45, 2.75) is 32.1 Å². The van der Waals surface area contributed by atoms with Crippen LogP contribution in [0.1, 0.15) is 37.7 Å².